The van der Waals surface area contributed by atoms with Gasteiger partial charge in [0.05, 0.1) is 44.7 Å². The molecule has 0 saturated heterocycles. The molecule has 29 heavy (non-hydrogen) atoms. The van der Waals surface area contributed by atoms with Gasteiger partial charge in [0, 0.05) is 29.1 Å². The Balaban J connectivity index is 2.24. The van der Waals surface area contributed by atoms with Crippen LogP contribution in [0.5, 0.6) is 23.0 Å². The molecule has 3 aromatic rings. The summed E-state index contributed by atoms with van der Waals surface area (Å²) >= 11 is 0.975. The largest absolute Gasteiger partial charge is 0.493 e. The van der Waals surface area contributed by atoms with Crippen LogP contribution in [0.3, 0.4) is 0 Å². The van der Waals surface area contributed by atoms with Crippen LogP contribution >= 0.6 is 11.3 Å². The van der Waals surface area contributed by atoms with E-state index in [1.54, 1.807) is 23.6 Å². The Labute approximate surface area is 169 Å². The van der Waals surface area contributed by atoms with Crippen molar-refractivity contribution in [3.63, 3.8) is 0 Å². The van der Waals surface area contributed by atoms with E-state index in [0.29, 0.717) is 34.2 Å². The Morgan fingerprint density at radius 3 is 2.07 bits per heavy atom. The molecule has 1 heterocycles. The first-order valence-corrected chi connectivity index (χ1v) is 9.16. The Kier molecular flexibility index (Phi) is 5.74. The van der Waals surface area contributed by atoms with Crippen LogP contribution in [-0.2, 0) is 0 Å². The predicted molar refractivity (Wildman–Crippen MR) is 108 cm³/mol. The summed E-state index contributed by atoms with van der Waals surface area (Å²) in [6.07, 6.45) is 0. The van der Waals surface area contributed by atoms with Gasteiger partial charge in [-0.3, -0.25) is 19.5 Å². The molecule has 0 fully saturated rings. The van der Waals surface area contributed by atoms with E-state index in [1.165, 1.54) is 45.1 Å². The Hall–Kier alpha value is -3.53. The second kappa shape index (κ2) is 8.23. The van der Waals surface area contributed by atoms with E-state index in [9.17, 15) is 14.9 Å². The van der Waals surface area contributed by atoms with Gasteiger partial charge in [0.1, 0.15) is 0 Å². The van der Waals surface area contributed by atoms with E-state index >= 15 is 0 Å². The minimum absolute atomic E-state index is 0.135. The van der Waals surface area contributed by atoms with Crippen molar-refractivity contribution in [2.45, 2.75) is 0 Å². The third-order valence-electron chi connectivity index (χ3n) is 4.27. The second-order valence-corrected chi connectivity index (χ2v) is 6.57. The van der Waals surface area contributed by atoms with Gasteiger partial charge in [-0.1, -0.05) is 11.3 Å². The van der Waals surface area contributed by atoms with Gasteiger partial charge in [-0.2, -0.15) is 0 Å². The van der Waals surface area contributed by atoms with Crippen LogP contribution < -0.4 is 23.8 Å². The molecule has 3 rings (SSSR count). The summed E-state index contributed by atoms with van der Waals surface area (Å²) in [6, 6.07) is 7.79. The predicted octanol–water partition coefficient (Wildman–Crippen LogP) is 3.51. The van der Waals surface area contributed by atoms with Gasteiger partial charge < -0.3 is 18.9 Å². The van der Waals surface area contributed by atoms with Crippen molar-refractivity contribution >= 4 is 17.0 Å². The minimum atomic E-state index is -0.531. The molecule has 9 nitrogen and oxygen atoms in total. The van der Waals surface area contributed by atoms with Crippen molar-refractivity contribution in [3.05, 3.63) is 55.5 Å². The number of aromatic nitrogens is 1. The van der Waals surface area contributed by atoms with Crippen molar-refractivity contribution < 1.29 is 23.9 Å². The Morgan fingerprint density at radius 1 is 0.931 bits per heavy atom. The first-order valence-electron chi connectivity index (χ1n) is 8.28. The van der Waals surface area contributed by atoms with Crippen molar-refractivity contribution in [3.8, 4) is 39.9 Å². The Morgan fingerprint density at radius 2 is 1.55 bits per heavy atom. The van der Waals surface area contributed by atoms with E-state index < -0.39 is 4.92 Å². The molecule has 0 aliphatic carbocycles. The van der Waals surface area contributed by atoms with Crippen molar-refractivity contribution in [2.75, 3.05) is 28.4 Å². The number of thiazole rings is 1. The summed E-state index contributed by atoms with van der Waals surface area (Å²) in [5.41, 5.74) is 1.25. The van der Waals surface area contributed by atoms with Gasteiger partial charge in [0.25, 0.3) is 0 Å². The topological polar surface area (TPSA) is 102 Å². The maximum absolute atomic E-state index is 12.6. The van der Waals surface area contributed by atoms with Crippen molar-refractivity contribution in [1.29, 1.82) is 0 Å². The van der Waals surface area contributed by atoms with Gasteiger partial charge in [0.15, 0.2) is 17.2 Å². The monoisotopic (exact) mass is 418 g/mol. The highest BCUT2D eigenvalue weighted by molar-refractivity contribution is 7.07. The van der Waals surface area contributed by atoms with Gasteiger partial charge in [-0.25, -0.2) is 0 Å². The van der Waals surface area contributed by atoms with Crippen LogP contribution in [0.15, 0.2) is 40.5 Å². The quantitative estimate of drug-likeness (QED) is 0.427. The second-order valence-electron chi connectivity index (χ2n) is 5.75. The number of nitrogens with zero attached hydrogens (tertiary/aromatic N) is 2. The molecule has 2 aromatic carbocycles. The lowest BCUT2D eigenvalue weighted by Gasteiger charge is -2.15. The molecule has 0 aliphatic heterocycles. The molecule has 0 aliphatic rings. The Bertz CT molecular complexity index is 1090. The summed E-state index contributed by atoms with van der Waals surface area (Å²) < 4.78 is 22.5. The smallest absolute Gasteiger partial charge is 0.312 e. The molecule has 0 radical (unpaired) electrons. The lowest BCUT2D eigenvalue weighted by atomic mass is 10.1. The number of hydrogen-bond donors (Lipinski definition) is 0. The third-order valence-corrected chi connectivity index (χ3v) is 5.00. The fourth-order valence-electron chi connectivity index (χ4n) is 2.94. The van der Waals surface area contributed by atoms with Gasteiger partial charge >= 0.3 is 10.6 Å². The van der Waals surface area contributed by atoms with Crippen LogP contribution in [0.1, 0.15) is 0 Å². The average Bonchev–Trinajstić information content (AvgIpc) is 3.13. The fraction of sp³-hybridized carbons (Fsp3) is 0.211. The summed E-state index contributed by atoms with van der Waals surface area (Å²) in [5.74, 6) is 1.29. The third kappa shape index (κ3) is 3.61. The van der Waals surface area contributed by atoms with Crippen molar-refractivity contribution in [2.24, 2.45) is 0 Å². The van der Waals surface area contributed by atoms with Gasteiger partial charge in [0.2, 0.25) is 5.75 Å². The van der Waals surface area contributed by atoms with E-state index in [1.807, 2.05) is 0 Å². The number of ether oxygens (including phenoxy) is 4. The van der Waals surface area contributed by atoms with E-state index in [-0.39, 0.29) is 16.3 Å². The van der Waals surface area contributed by atoms with Crippen LogP contribution in [0.4, 0.5) is 5.69 Å². The molecule has 0 bridgehead atoms. The molecule has 0 amide bonds. The highest BCUT2D eigenvalue weighted by atomic mass is 32.1. The number of benzene rings is 2. The first kappa shape index (κ1) is 20.2. The van der Waals surface area contributed by atoms with Gasteiger partial charge in [-0.05, 0) is 12.1 Å². The zero-order valence-corrected chi connectivity index (χ0v) is 16.9. The molecular weight excluding hydrogens is 400 g/mol. The molecule has 152 valence electrons. The van der Waals surface area contributed by atoms with E-state index in [4.69, 9.17) is 18.9 Å². The normalized spacial score (nSPS) is 10.5. The zero-order valence-electron chi connectivity index (χ0n) is 16.1. The highest BCUT2D eigenvalue weighted by Crippen LogP contribution is 2.40. The lowest BCUT2D eigenvalue weighted by Crippen LogP contribution is -2.12. The summed E-state index contributed by atoms with van der Waals surface area (Å²) in [5, 5.41) is 13.0. The maximum atomic E-state index is 12.6. The summed E-state index contributed by atoms with van der Waals surface area (Å²) in [7, 11) is 5.80. The fourth-order valence-corrected chi connectivity index (χ4v) is 3.70. The molecule has 0 N–H and O–H groups in total. The van der Waals surface area contributed by atoms with Crippen LogP contribution in [-0.4, -0.2) is 37.9 Å². The number of rotatable bonds is 7. The number of nitro benzene ring substituents is 1. The molecule has 1 aromatic heterocycles. The lowest BCUT2D eigenvalue weighted by molar-refractivity contribution is -0.385. The summed E-state index contributed by atoms with van der Waals surface area (Å²) in [6.45, 7) is 0. The molecule has 0 atom stereocenters. The van der Waals surface area contributed by atoms with E-state index in [2.05, 4.69) is 0 Å². The number of hydrogen-bond acceptors (Lipinski definition) is 8. The first-order chi connectivity index (χ1) is 13.9. The van der Waals surface area contributed by atoms with Crippen molar-refractivity contribution in [1.82, 2.24) is 4.57 Å². The van der Waals surface area contributed by atoms with Crippen LogP contribution in [0.25, 0.3) is 16.9 Å². The SMILES string of the molecule is COc1ccc(-c2csc(=O)n2-c2cc(OC)c(OC)c(OC)c2)cc1[N+](=O)[O-]. The standard InChI is InChI=1S/C19H18N2O7S/c1-25-15-6-5-11(7-13(15)21(23)24)14-10-29-19(22)20(14)12-8-16(26-2)18(28-4)17(9-12)27-3/h5-10H,1-4H3. The molecule has 0 unspecified atom stereocenters. The van der Waals surface area contributed by atoms with Crippen LogP contribution in [0, 0.1) is 10.1 Å². The summed E-state index contributed by atoms with van der Waals surface area (Å²) in [4.78, 5) is 23.2. The number of methoxy groups -OCH3 is 4. The molecular formula is C19H18N2O7S. The molecule has 10 heteroatoms. The zero-order chi connectivity index (χ0) is 21.1. The molecule has 0 spiro atoms. The minimum Gasteiger partial charge on any atom is -0.493 e. The van der Waals surface area contributed by atoms with Crippen LogP contribution in [0.2, 0.25) is 0 Å². The maximum Gasteiger partial charge on any atom is 0.312 e. The van der Waals surface area contributed by atoms with Gasteiger partial charge in [-0.15, -0.1) is 0 Å². The number of nitro groups is 1. The average molecular weight is 418 g/mol. The molecule has 0 saturated carbocycles. The highest BCUT2D eigenvalue weighted by Gasteiger charge is 2.21. The van der Waals surface area contributed by atoms with E-state index in [0.717, 1.165) is 11.3 Å².